The van der Waals surface area contributed by atoms with E-state index >= 15 is 0 Å². The van der Waals surface area contributed by atoms with Gasteiger partial charge in [0, 0.05) is 12.8 Å². The van der Waals surface area contributed by atoms with E-state index in [-0.39, 0.29) is 30.9 Å². The summed E-state index contributed by atoms with van der Waals surface area (Å²) < 4.78 is 5.75. The lowest BCUT2D eigenvalue weighted by Crippen LogP contribution is -2.47. The molecule has 0 rings (SSSR count). The fraction of sp³-hybridized carbons (Fsp3) is 0.833. The van der Waals surface area contributed by atoms with Crippen LogP contribution in [0.3, 0.4) is 0 Å². The topological polar surface area (TPSA) is 142 Å². The summed E-state index contributed by atoms with van der Waals surface area (Å²) in [5.74, 6) is -2.41. The maximum atomic E-state index is 12.4. The normalized spacial score (nSPS) is 12.6. The summed E-state index contributed by atoms with van der Waals surface area (Å²) in [5, 5.41) is 22.4. The van der Waals surface area contributed by atoms with Gasteiger partial charge in [-0.3, -0.25) is 14.4 Å². The van der Waals surface area contributed by atoms with E-state index in [1.807, 2.05) is 0 Å². The Balaban J connectivity index is 3.75. The highest BCUT2D eigenvalue weighted by Gasteiger charge is 2.19. The molecule has 0 aromatic heterocycles. The second-order valence-corrected chi connectivity index (χ2v) is 12.3. The van der Waals surface area contributed by atoms with Crippen molar-refractivity contribution in [1.29, 1.82) is 0 Å². The number of hydrogen-bond acceptors (Lipinski definition) is 6. The molecule has 4 N–H and O–H groups in total. The first-order chi connectivity index (χ1) is 21.8. The monoisotopic (exact) mass is 638 g/mol. The first kappa shape index (κ1) is 42.6. The highest BCUT2D eigenvalue weighted by Crippen LogP contribution is 2.16. The number of aliphatic hydroxyl groups excluding tert-OH is 1. The van der Waals surface area contributed by atoms with E-state index < -0.39 is 24.5 Å². The Morgan fingerprint density at radius 1 is 0.644 bits per heavy atom. The molecule has 0 saturated carbocycles. The molecule has 0 aromatic rings. The lowest BCUT2D eigenvalue weighted by atomic mass is 10.0. The molecule has 0 aliphatic heterocycles. The van der Waals surface area contributed by atoms with E-state index in [4.69, 9.17) is 14.9 Å². The predicted octanol–water partition coefficient (Wildman–Crippen LogP) is 7.53. The van der Waals surface area contributed by atoms with E-state index in [1.54, 1.807) is 0 Å². The van der Waals surface area contributed by atoms with Gasteiger partial charge in [0.2, 0.25) is 11.8 Å². The van der Waals surface area contributed by atoms with Crippen molar-refractivity contribution >= 4 is 23.8 Å². The number of amides is 2. The fourth-order valence-electron chi connectivity index (χ4n) is 5.23. The SMILES string of the molecule is CCCCCCCCC/C=C\CCCCCCCCCC(=O)OC(CCC)CCCCCC(=O)NCC(=O)NC(CO)C(=O)O. The zero-order chi connectivity index (χ0) is 33.4. The Kier molecular flexibility index (Phi) is 29.9. The van der Waals surface area contributed by atoms with Crippen LogP contribution < -0.4 is 10.6 Å². The van der Waals surface area contributed by atoms with Crippen LogP contribution >= 0.6 is 0 Å². The largest absolute Gasteiger partial charge is 0.480 e. The van der Waals surface area contributed by atoms with Crippen molar-refractivity contribution in [3.05, 3.63) is 12.2 Å². The molecule has 0 aliphatic carbocycles. The lowest BCUT2D eigenvalue weighted by Gasteiger charge is -2.17. The summed E-state index contributed by atoms with van der Waals surface area (Å²) in [6.45, 7) is 3.28. The molecule has 9 heteroatoms. The molecule has 2 unspecified atom stereocenters. The van der Waals surface area contributed by atoms with E-state index in [2.05, 4.69) is 36.6 Å². The summed E-state index contributed by atoms with van der Waals surface area (Å²) in [5.41, 5.74) is 0. The van der Waals surface area contributed by atoms with Gasteiger partial charge in [-0.2, -0.15) is 0 Å². The number of ether oxygens (including phenoxy) is 1. The minimum absolute atomic E-state index is 0.0849. The van der Waals surface area contributed by atoms with Gasteiger partial charge < -0.3 is 25.6 Å². The maximum Gasteiger partial charge on any atom is 0.328 e. The smallest absolute Gasteiger partial charge is 0.328 e. The Bertz CT molecular complexity index is 787. The molecule has 0 aromatic carbocycles. The van der Waals surface area contributed by atoms with Crippen molar-refractivity contribution in [2.45, 2.75) is 180 Å². The maximum absolute atomic E-state index is 12.4. The first-order valence-electron chi connectivity index (χ1n) is 18.1. The molecule has 2 amide bonds. The van der Waals surface area contributed by atoms with Crippen molar-refractivity contribution in [2.75, 3.05) is 13.2 Å². The van der Waals surface area contributed by atoms with Crippen LogP contribution in [0.1, 0.15) is 168 Å². The van der Waals surface area contributed by atoms with Crippen LogP contribution in [0.4, 0.5) is 0 Å². The van der Waals surface area contributed by atoms with Crippen LogP contribution in [0.25, 0.3) is 0 Å². The van der Waals surface area contributed by atoms with Crippen LogP contribution in [0.5, 0.6) is 0 Å². The average molecular weight is 639 g/mol. The number of rotatable bonds is 32. The number of aliphatic hydroxyl groups is 1. The number of allylic oxidation sites excluding steroid dienone is 2. The van der Waals surface area contributed by atoms with Gasteiger partial charge in [-0.25, -0.2) is 4.79 Å². The van der Waals surface area contributed by atoms with Crippen molar-refractivity contribution in [3.63, 3.8) is 0 Å². The van der Waals surface area contributed by atoms with Crippen molar-refractivity contribution in [2.24, 2.45) is 0 Å². The van der Waals surface area contributed by atoms with Gasteiger partial charge >= 0.3 is 11.9 Å². The molecule has 0 saturated heterocycles. The number of carboxylic acids is 1. The van der Waals surface area contributed by atoms with Gasteiger partial charge in [-0.15, -0.1) is 0 Å². The van der Waals surface area contributed by atoms with Crippen LogP contribution in [-0.2, 0) is 23.9 Å². The van der Waals surface area contributed by atoms with Gasteiger partial charge in [-0.1, -0.05) is 109 Å². The summed E-state index contributed by atoms with van der Waals surface area (Å²) in [7, 11) is 0. The molecule has 0 radical (unpaired) electrons. The molecule has 0 heterocycles. The molecular weight excluding hydrogens is 572 g/mol. The number of unbranched alkanes of at least 4 members (excludes halogenated alkanes) is 16. The first-order valence-corrected chi connectivity index (χ1v) is 18.1. The number of esters is 1. The third-order valence-electron chi connectivity index (χ3n) is 7.99. The van der Waals surface area contributed by atoms with Crippen molar-refractivity contribution < 1.29 is 34.1 Å². The van der Waals surface area contributed by atoms with Gasteiger partial charge in [0.25, 0.3) is 0 Å². The second-order valence-electron chi connectivity index (χ2n) is 12.3. The molecule has 0 fully saturated rings. The number of carbonyl (C=O) groups is 4. The molecule has 45 heavy (non-hydrogen) atoms. The standard InChI is InChI=1S/C36H66N2O7/c1-3-5-6-7-8-9-10-11-12-13-14-15-16-17-18-19-20-24-28-35(42)45-31(25-4-2)26-22-21-23-27-33(40)37-29-34(41)38-32(30-39)36(43)44/h12-13,31-32,39H,3-11,14-30H2,1-2H3,(H,37,40)(H,38,41)(H,43,44)/b13-12-. The highest BCUT2D eigenvalue weighted by atomic mass is 16.5. The zero-order valence-electron chi connectivity index (χ0n) is 28.6. The molecular formula is C36H66N2O7. The number of carboxylic acid groups (broad SMARTS) is 1. The molecule has 262 valence electrons. The van der Waals surface area contributed by atoms with E-state index in [1.165, 1.54) is 89.9 Å². The molecule has 0 bridgehead atoms. The zero-order valence-corrected chi connectivity index (χ0v) is 28.6. The summed E-state index contributed by atoms with van der Waals surface area (Å²) in [6.07, 6.45) is 30.4. The Morgan fingerprint density at radius 2 is 1.18 bits per heavy atom. The predicted molar refractivity (Wildman–Crippen MR) is 181 cm³/mol. The van der Waals surface area contributed by atoms with Crippen LogP contribution in [-0.4, -0.2) is 59.3 Å². The molecule has 0 spiro atoms. The van der Waals surface area contributed by atoms with E-state index in [0.29, 0.717) is 12.8 Å². The summed E-state index contributed by atoms with van der Waals surface area (Å²) >= 11 is 0. The van der Waals surface area contributed by atoms with E-state index in [0.717, 1.165) is 44.9 Å². The quantitative estimate of drug-likeness (QED) is 0.0339. The van der Waals surface area contributed by atoms with Crippen LogP contribution in [0, 0.1) is 0 Å². The fourth-order valence-corrected chi connectivity index (χ4v) is 5.23. The van der Waals surface area contributed by atoms with Gasteiger partial charge in [0.1, 0.15) is 12.1 Å². The third-order valence-corrected chi connectivity index (χ3v) is 7.99. The van der Waals surface area contributed by atoms with Crippen molar-refractivity contribution in [1.82, 2.24) is 10.6 Å². The Morgan fingerprint density at radius 3 is 1.73 bits per heavy atom. The third kappa shape index (κ3) is 28.8. The average Bonchev–Trinajstić information content (AvgIpc) is 3.01. The van der Waals surface area contributed by atoms with Gasteiger partial charge in [0.15, 0.2) is 0 Å². The number of nitrogens with one attached hydrogen (secondary N) is 2. The number of hydrogen-bond donors (Lipinski definition) is 4. The minimum Gasteiger partial charge on any atom is -0.480 e. The molecule has 9 nitrogen and oxygen atoms in total. The van der Waals surface area contributed by atoms with Crippen LogP contribution in [0.2, 0.25) is 0 Å². The highest BCUT2D eigenvalue weighted by molar-refractivity contribution is 5.87. The van der Waals surface area contributed by atoms with Gasteiger partial charge in [0.05, 0.1) is 13.2 Å². The summed E-state index contributed by atoms with van der Waals surface area (Å²) in [4.78, 5) is 46.8. The molecule has 2 atom stereocenters. The molecule has 0 aliphatic rings. The Hall–Kier alpha value is -2.42. The van der Waals surface area contributed by atoms with Crippen molar-refractivity contribution in [3.8, 4) is 0 Å². The number of carbonyl (C=O) groups excluding carboxylic acids is 3. The minimum atomic E-state index is -1.39. The van der Waals surface area contributed by atoms with Gasteiger partial charge in [-0.05, 0) is 57.8 Å². The Labute approximate surface area is 273 Å². The van der Waals surface area contributed by atoms with Crippen LogP contribution in [0.15, 0.2) is 12.2 Å². The number of aliphatic carboxylic acids is 1. The van der Waals surface area contributed by atoms with E-state index in [9.17, 15) is 19.2 Å². The lowest BCUT2D eigenvalue weighted by molar-refractivity contribution is -0.150. The second kappa shape index (κ2) is 31.6. The summed E-state index contributed by atoms with van der Waals surface area (Å²) in [6, 6.07) is -1.39.